The molecule has 0 bridgehead atoms. The maximum absolute atomic E-state index is 13.1. The lowest BCUT2D eigenvalue weighted by Gasteiger charge is -2.32. The Labute approximate surface area is 148 Å². The first-order chi connectivity index (χ1) is 12.3. The number of alkyl halides is 3. The van der Waals surface area contributed by atoms with E-state index in [9.17, 15) is 22.8 Å². The Morgan fingerprint density at radius 3 is 2.54 bits per heavy atom. The van der Waals surface area contributed by atoms with Crippen LogP contribution in [0.4, 0.5) is 18.9 Å². The molecule has 1 aliphatic rings. The molecule has 2 aromatic rings. The van der Waals surface area contributed by atoms with Crippen molar-refractivity contribution in [3.63, 3.8) is 0 Å². The minimum absolute atomic E-state index is 0.319. The van der Waals surface area contributed by atoms with Crippen LogP contribution in [0.25, 0.3) is 0 Å². The van der Waals surface area contributed by atoms with E-state index in [0.29, 0.717) is 25.1 Å². The summed E-state index contributed by atoms with van der Waals surface area (Å²) >= 11 is 0. The largest absolute Gasteiger partial charge is 0.418 e. The highest BCUT2D eigenvalue weighted by molar-refractivity contribution is 6.03. The third kappa shape index (κ3) is 3.58. The first-order valence-corrected chi connectivity index (χ1v) is 8.18. The van der Waals surface area contributed by atoms with Crippen LogP contribution < -0.4 is 10.2 Å². The van der Waals surface area contributed by atoms with Crippen LogP contribution in [-0.2, 0) is 18.0 Å². The molecule has 5 nitrogen and oxygen atoms in total. The summed E-state index contributed by atoms with van der Waals surface area (Å²) in [5.41, 5.74) is -0.794. The van der Waals surface area contributed by atoms with Crippen LogP contribution in [-0.4, -0.2) is 29.0 Å². The van der Waals surface area contributed by atoms with E-state index >= 15 is 0 Å². The number of para-hydroxylation sites is 1. The number of aromatic nitrogens is 1. The zero-order valence-electron chi connectivity index (χ0n) is 14.1. The normalized spacial score (nSPS) is 18.1. The summed E-state index contributed by atoms with van der Waals surface area (Å²) in [5.74, 6) is -1.22. The third-order valence-corrected chi connectivity index (χ3v) is 4.32. The first-order valence-electron chi connectivity index (χ1n) is 8.18. The van der Waals surface area contributed by atoms with Gasteiger partial charge in [0.05, 0.1) is 11.1 Å². The van der Waals surface area contributed by atoms with Crippen molar-refractivity contribution >= 4 is 17.5 Å². The van der Waals surface area contributed by atoms with Gasteiger partial charge in [-0.25, -0.2) is 0 Å². The second-order valence-electron chi connectivity index (χ2n) is 6.24. The van der Waals surface area contributed by atoms with Crippen LogP contribution >= 0.6 is 0 Å². The number of nitrogens with zero attached hydrogens (tertiary/aromatic N) is 2. The SMILES string of the molecule is Cn1cc(C(=O)N[C@H]2CCCN(c3ccccc3)C2=O)c(C(F)(F)F)c1. The van der Waals surface area contributed by atoms with E-state index in [1.165, 1.54) is 11.6 Å². The van der Waals surface area contributed by atoms with Gasteiger partial charge in [0.2, 0.25) is 5.91 Å². The summed E-state index contributed by atoms with van der Waals surface area (Å²) in [7, 11) is 1.41. The van der Waals surface area contributed by atoms with Gasteiger partial charge in [0.1, 0.15) is 6.04 Å². The Morgan fingerprint density at radius 1 is 1.19 bits per heavy atom. The van der Waals surface area contributed by atoms with Gasteiger partial charge < -0.3 is 14.8 Å². The van der Waals surface area contributed by atoms with Crippen LogP contribution in [0.2, 0.25) is 0 Å². The molecule has 1 N–H and O–H groups in total. The monoisotopic (exact) mass is 365 g/mol. The molecule has 0 saturated carbocycles. The highest BCUT2D eigenvalue weighted by Gasteiger charge is 2.38. The van der Waals surface area contributed by atoms with Crippen molar-refractivity contribution < 1.29 is 22.8 Å². The van der Waals surface area contributed by atoms with E-state index in [-0.39, 0.29) is 5.91 Å². The molecule has 1 saturated heterocycles. The van der Waals surface area contributed by atoms with Gasteiger partial charge in [0, 0.05) is 31.7 Å². The molecule has 3 rings (SSSR count). The molecule has 1 aromatic carbocycles. The van der Waals surface area contributed by atoms with Gasteiger partial charge >= 0.3 is 6.18 Å². The minimum atomic E-state index is -4.64. The maximum atomic E-state index is 13.1. The fourth-order valence-corrected chi connectivity index (χ4v) is 3.10. The summed E-state index contributed by atoms with van der Waals surface area (Å²) in [4.78, 5) is 26.6. The number of carbonyl (C=O) groups excluding carboxylic acids is 2. The predicted molar refractivity (Wildman–Crippen MR) is 89.7 cm³/mol. The van der Waals surface area contributed by atoms with Gasteiger partial charge in [0.15, 0.2) is 0 Å². The van der Waals surface area contributed by atoms with Crippen molar-refractivity contribution in [2.24, 2.45) is 7.05 Å². The number of piperidine rings is 1. The Balaban J connectivity index is 1.79. The summed E-state index contributed by atoms with van der Waals surface area (Å²) < 4.78 is 40.5. The molecule has 1 fully saturated rings. The predicted octanol–water partition coefficient (Wildman–Crippen LogP) is 2.97. The number of rotatable bonds is 3. The Bertz CT molecular complexity index is 815. The van der Waals surface area contributed by atoms with Crippen LogP contribution in [0.5, 0.6) is 0 Å². The van der Waals surface area contributed by atoms with E-state index in [2.05, 4.69) is 5.32 Å². The molecule has 0 aliphatic carbocycles. The standard InChI is InChI=1S/C18H18F3N3O2/c1-23-10-13(14(11-23)18(19,20)21)16(25)22-15-8-5-9-24(17(15)26)12-6-3-2-4-7-12/h2-4,6-7,10-11,15H,5,8-9H2,1H3,(H,22,25)/t15-/m0/s1. The second kappa shape index (κ2) is 6.86. The fraction of sp³-hybridized carbons (Fsp3) is 0.333. The molecule has 1 aromatic heterocycles. The van der Waals surface area contributed by atoms with Crippen LogP contribution in [0, 0.1) is 0 Å². The van der Waals surface area contributed by atoms with Gasteiger partial charge in [-0.1, -0.05) is 18.2 Å². The van der Waals surface area contributed by atoms with E-state index in [1.807, 2.05) is 6.07 Å². The fourth-order valence-electron chi connectivity index (χ4n) is 3.10. The zero-order valence-corrected chi connectivity index (χ0v) is 14.1. The molecule has 1 atom stereocenters. The van der Waals surface area contributed by atoms with Crippen molar-refractivity contribution in [1.29, 1.82) is 0 Å². The van der Waals surface area contributed by atoms with Gasteiger partial charge in [-0.15, -0.1) is 0 Å². The number of benzene rings is 1. The van der Waals surface area contributed by atoms with Crippen molar-refractivity contribution in [1.82, 2.24) is 9.88 Å². The molecule has 2 amide bonds. The van der Waals surface area contributed by atoms with Gasteiger partial charge in [0.25, 0.3) is 5.91 Å². The lowest BCUT2D eigenvalue weighted by molar-refractivity contribution is -0.137. The van der Waals surface area contributed by atoms with Crippen molar-refractivity contribution in [3.8, 4) is 0 Å². The molecule has 0 radical (unpaired) electrons. The first kappa shape index (κ1) is 18.0. The number of halogens is 3. The highest BCUT2D eigenvalue weighted by Crippen LogP contribution is 2.32. The van der Waals surface area contributed by atoms with Crippen molar-refractivity contribution in [3.05, 3.63) is 53.9 Å². The molecular formula is C18H18F3N3O2. The molecule has 0 spiro atoms. The second-order valence-corrected chi connectivity index (χ2v) is 6.24. The van der Waals surface area contributed by atoms with E-state index in [1.54, 1.807) is 29.2 Å². The smallest absolute Gasteiger partial charge is 0.356 e. The average Bonchev–Trinajstić information content (AvgIpc) is 3.00. The van der Waals surface area contributed by atoms with Gasteiger partial charge in [-0.3, -0.25) is 9.59 Å². The zero-order chi connectivity index (χ0) is 18.9. The molecule has 8 heteroatoms. The van der Waals surface area contributed by atoms with Gasteiger partial charge in [-0.2, -0.15) is 13.2 Å². The molecular weight excluding hydrogens is 347 g/mol. The van der Waals surface area contributed by atoms with Crippen LogP contribution in [0.3, 0.4) is 0 Å². The summed E-state index contributed by atoms with van der Waals surface area (Å²) in [5, 5.41) is 2.47. The Morgan fingerprint density at radius 2 is 1.88 bits per heavy atom. The number of aryl methyl sites for hydroxylation is 1. The van der Waals surface area contributed by atoms with Crippen LogP contribution in [0.15, 0.2) is 42.7 Å². The quantitative estimate of drug-likeness (QED) is 0.909. The van der Waals surface area contributed by atoms with E-state index in [4.69, 9.17) is 0 Å². The maximum Gasteiger partial charge on any atom is 0.418 e. The molecule has 2 heterocycles. The van der Waals surface area contributed by atoms with Crippen molar-refractivity contribution in [2.45, 2.75) is 25.1 Å². The van der Waals surface area contributed by atoms with E-state index in [0.717, 1.165) is 12.4 Å². The van der Waals surface area contributed by atoms with E-state index < -0.39 is 29.3 Å². The number of carbonyl (C=O) groups is 2. The number of hydrogen-bond donors (Lipinski definition) is 1. The summed E-state index contributed by atoms with van der Waals surface area (Å²) in [6.45, 7) is 0.508. The average molecular weight is 365 g/mol. The summed E-state index contributed by atoms with van der Waals surface area (Å²) in [6.07, 6.45) is -1.64. The van der Waals surface area contributed by atoms with Gasteiger partial charge in [-0.05, 0) is 25.0 Å². The topological polar surface area (TPSA) is 54.3 Å². The summed E-state index contributed by atoms with van der Waals surface area (Å²) in [6, 6.07) is 8.13. The number of amides is 2. The lowest BCUT2D eigenvalue weighted by Crippen LogP contribution is -2.52. The Kier molecular flexibility index (Phi) is 4.76. The number of anilines is 1. The Hall–Kier alpha value is -2.77. The number of hydrogen-bond acceptors (Lipinski definition) is 2. The molecule has 26 heavy (non-hydrogen) atoms. The lowest BCUT2D eigenvalue weighted by atomic mass is 10.0. The minimum Gasteiger partial charge on any atom is -0.356 e. The number of nitrogens with one attached hydrogen (secondary N) is 1. The molecule has 1 aliphatic heterocycles. The van der Waals surface area contributed by atoms with Crippen LogP contribution in [0.1, 0.15) is 28.8 Å². The third-order valence-electron chi connectivity index (χ3n) is 4.32. The highest BCUT2D eigenvalue weighted by atomic mass is 19.4. The molecule has 138 valence electrons. The van der Waals surface area contributed by atoms with Crippen molar-refractivity contribution in [2.75, 3.05) is 11.4 Å². The molecule has 0 unspecified atom stereocenters.